The van der Waals surface area contributed by atoms with E-state index in [-0.39, 0.29) is 5.92 Å². The molecule has 2 nitrogen and oxygen atoms in total. The van der Waals surface area contributed by atoms with Crippen LogP contribution in [0.3, 0.4) is 0 Å². The Morgan fingerprint density at radius 3 is 2.31 bits per heavy atom. The van der Waals surface area contributed by atoms with Crippen LogP contribution in [0.25, 0.3) is 0 Å². The van der Waals surface area contributed by atoms with E-state index in [1.54, 1.807) is 0 Å². The van der Waals surface area contributed by atoms with Gasteiger partial charge in [0.15, 0.2) is 0 Å². The molecule has 26 heavy (non-hydrogen) atoms. The molecule has 0 aromatic rings. The highest BCUT2D eigenvalue weighted by Gasteiger charge is 2.38. The molecule has 0 aromatic heterocycles. The fourth-order valence-electron chi connectivity index (χ4n) is 6.45. The molecule has 3 rings (SSSR count). The van der Waals surface area contributed by atoms with Crippen molar-refractivity contribution in [2.45, 2.75) is 104 Å². The second-order valence-electron chi connectivity index (χ2n) is 9.99. The van der Waals surface area contributed by atoms with Gasteiger partial charge in [-0.1, -0.05) is 52.4 Å². The first-order valence-electron chi connectivity index (χ1n) is 11.6. The normalized spacial score (nSPS) is 38.2. The number of carbonyl (C=O) groups is 2. The number of rotatable bonds is 6. The van der Waals surface area contributed by atoms with E-state index < -0.39 is 0 Å². The van der Waals surface area contributed by atoms with Crippen LogP contribution in [0.15, 0.2) is 0 Å². The van der Waals surface area contributed by atoms with Crippen molar-refractivity contribution < 1.29 is 9.59 Å². The number of Topliss-reactive ketones (excluding diaryl/α,β-unsaturated/α-hetero) is 2. The summed E-state index contributed by atoms with van der Waals surface area (Å²) < 4.78 is 0. The van der Waals surface area contributed by atoms with Crippen molar-refractivity contribution in [3.05, 3.63) is 0 Å². The molecule has 0 aromatic carbocycles. The highest BCUT2D eigenvalue weighted by atomic mass is 16.1. The van der Waals surface area contributed by atoms with Gasteiger partial charge in [-0.3, -0.25) is 9.59 Å². The first-order valence-corrected chi connectivity index (χ1v) is 11.6. The first-order chi connectivity index (χ1) is 12.5. The highest BCUT2D eigenvalue weighted by molar-refractivity contribution is 5.84. The summed E-state index contributed by atoms with van der Waals surface area (Å²) in [6.07, 6.45) is 15.7. The molecule has 148 valence electrons. The molecule has 3 aliphatic rings. The van der Waals surface area contributed by atoms with Crippen molar-refractivity contribution in [2.75, 3.05) is 0 Å². The maximum Gasteiger partial charge on any atom is 0.136 e. The monoisotopic (exact) mass is 360 g/mol. The Bertz CT molecular complexity index is 481. The van der Waals surface area contributed by atoms with Crippen molar-refractivity contribution in [3.8, 4) is 0 Å². The van der Waals surface area contributed by atoms with Crippen molar-refractivity contribution in [3.63, 3.8) is 0 Å². The summed E-state index contributed by atoms with van der Waals surface area (Å²) in [6.45, 7) is 4.63. The topological polar surface area (TPSA) is 34.1 Å². The molecule has 0 radical (unpaired) electrons. The zero-order valence-electron chi connectivity index (χ0n) is 17.2. The van der Waals surface area contributed by atoms with Crippen LogP contribution in [0.4, 0.5) is 0 Å². The molecule has 3 fully saturated rings. The summed E-state index contributed by atoms with van der Waals surface area (Å²) in [5, 5.41) is 0. The van der Waals surface area contributed by atoms with Crippen molar-refractivity contribution >= 4 is 11.6 Å². The summed E-state index contributed by atoms with van der Waals surface area (Å²) >= 11 is 0. The average Bonchev–Trinajstić information content (AvgIpc) is 2.81. The van der Waals surface area contributed by atoms with Crippen molar-refractivity contribution in [1.29, 1.82) is 0 Å². The van der Waals surface area contributed by atoms with E-state index in [1.165, 1.54) is 51.4 Å². The lowest BCUT2D eigenvalue weighted by Gasteiger charge is -2.40. The summed E-state index contributed by atoms with van der Waals surface area (Å²) in [4.78, 5) is 25.5. The third-order valence-electron chi connectivity index (χ3n) is 7.79. The molecule has 0 spiro atoms. The average molecular weight is 361 g/mol. The van der Waals surface area contributed by atoms with Crippen LogP contribution in [0, 0.1) is 35.5 Å². The predicted molar refractivity (Wildman–Crippen MR) is 107 cm³/mol. The standard InChI is InChI=1S/C24H40O2/c1-17-13-14-20(16-18(2)15-17)23(25)11-6-12-24(26)22-10-5-8-19-7-3-4-9-21(19)22/h17-22H,3-16H2,1-2H3. The van der Waals surface area contributed by atoms with E-state index in [2.05, 4.69) is 13.8 Å². The van der Waals surface area contributed by atoms with Gasteiger partial charge in [-0.2, -0.15) is 0 Å². The van der Waals surface area contributed by atoms with E-state index in [0.717, 1.165) is 37.5 Å². The molecule has 6 unspecified atom stereocenters. The maximum atomic E-state index is 12.8. The number of fused-ring (bicyclic) bond motifs is 1. The molecule has 0 amide bonds. The van der Waals surface area contributed by atoms with Crippen LogP contribution < -0.4 is 0 Å². The molecule has 0 N–H and O–H groups in total. The molecule has 3 saturated carbocycles. The Morgan fingerprint density at radius 2 is 1.46 bits per heavy atom. The lowest BCUT2D eigenvalue weighted by molar-refractivity contribution is -0.127. The minimum absolute atomic E-state index is 0.266. The van der Waals surface area contributed by atoms with E-state index in [1.807, 2.05) is 0 Å². The minimum atomic E-state index is 0.266. The van der Waals surface area contributed by atoms with Crippen LogP contribution in [0.5, 0.6) is 0 Å². The SMILES string of the molecule is CC1CCC(C(=O)CCCC(=O)C2CCCC3CCCCC32)CC(C)C1. The smallest absolute Gasteiger partial charge is 0.136 e. The van der Waals surface area contributed by atoms with Gasteiger partial charge in [0.1, 0.15) is 11.6 Å². The van der Waals surface area contributed by atoms with Gasteiger partial charge >= 0.3 is 0 Å². The minimum Gasteiger partial charge on any atom is -0.299 e. The van der Waals surface area contributed by atoms with Gasteiger partial charge in [-0.15, -0.1) is 0 Å². The number of hydrogen-bond acceptors (Lipinski definition) is 2. The summed E-state index contributed by atoms with van der Waals surface area (Å²) in [6, 6.07) is 0. The molecule has 3 aliphatic carbocycles. The second kappa shape index (κ2) is 9.51. The molecule has 0 bridgehead atoms. The lowest BCUT2D eigenvalue weighted by Crippen LogP contribution is -2.35. The zero-order valence-corrected chi connectivity index (χ0v) is 17.2. The van der Waals surface area contributed by atoms with Crippen molar-refractivity contribution in [2.24, 2.45) is 35.5 Å². The number of carbonyl (C=O) groups excluding carboxylic acids is 2. The van der Waals surface area contributed by atoms with E-state index in [0.29, 0.717) is 42.2 Å². The van der Waals surface area contributed by atoms with Gasteiger partial charge in [0.05, 0.1) is 0 Å². The molecular weight excluding hydrogens is 320 g/mol. The van der Waals surface area contributed by atoms with Gasteiger partial charge in [-0.05, 0) is 62.2 Å². The van der Waals surface area contributed by atoms with Crippen LogP contribution in [-0.2, 0) is 9.59 Å². The molecule has 6 atom stereocenters. The van der Waals surface area contributed by atoms with Crippen molar-refractivity contribution in [1.82, 2.24) is 0 Å². The molecule has 0 aliphatic heterocycles. The van der Waals surface area contributed by atoms with Gasteiger partial charge in [0.25, 0.3) is 0 Å². The maximum absolute atomic E-state index is 12.8. The van der Waals surface area contributed by atoms with Crippen LogP contribution in [-0.4, -0.2) is 11.6 Å². The summed E-state index contributed by atoms with van der Waals surface area (Å²) in [5.41, 5.74) is 0. The quantitative estimate of drug-likeness (QED) is 0.516. The summed E-state index contributed by atoms with van der Waals surface area (Å²) in [5.74, 6) is 4.45. The summed E-state index contributed by atoms with van der Waals surface area (Å²) in [7, 11) is 0. The lowest BCUT2D eigenvalue weighted by atomic mass is 9.64. The van der Waals surface area contributed by atoms with Gasteiger partial charge < -0.3 is 0 Å². The fraction of sp³-hybridized carbons (Fsp3) is 0.917. The molecule has 0 heterocycles. The Labute approximate surface area is 160 Å². The first kappa shape index (κ1) is 20.1. The van der Waals surface area contributed by atoms with Gasteiger partial charge in [0.2, 0.25) is 0 Å². The molecule has 2 heteroatoms. The van der Waals surface area contributed by atoms with Gasteiger partial charge in [0, 0.05) is 24.7 Å². The fourth-order valence-corrected chi connectivity index (χ4v) is 6.45. The predicted octanol–water partition coefficient (Wildman–Crippen LogP) is 6.36. The van der Waals surface area contributed by atoms with Crippen LogP contribution >= 0.6 is 0 Å². The highest BCUT2D eigenvalue weighted by Crippen LogP contribution is 2.44. The van der Waals surface area contributed by atoms with Gasteiger partial charge in [-0.25, -0.2) is 0 Å². The van der Waals surface area contributed by atoms with Crippen LogP contribution in [0.1, 0.15) is 104 Å². The van der Waals surface area contributed by atoms with Crippen LogP contribution in [0.2, 0.25) is 0 Å². The third-order valence-corrected chi connectivity index (χ3v) is 7.79. The number of hydrogen-bond donors (Lipinski definition) is 0. The number of ketones is 2. The third kappa shape index (κ3) is 5.20. The van der Waals surface area contributed by atoms with E-state index in [9.17, 15) is 9.59 Å². The Hall–Kier alpha value is -0.660. The molecular formula is C24H40O2. The molecule has 0 saturated heterocycles. The van der Waals surface area contributed by atoms with E-state index in [4.69, 9.17) is 0 Å². The Morgan fingerprint density at radius 1 is 0.731 bits per heavy atom. The Kier molecular flexibility index (Phi) is 7.35. The Balaban J connectivity index is 1.43. The zero-order chi connectivity index (χ0) is 18.5. The van der Waals surface area contributed by atoms with E-state index >= 15 is 0 Å². The largest absolute Gasteiger partial charge is 0.299 e. The second-order valence-corrected chi connectivity index (χ2v) is 9.99.